The predicted molar refractivity (Wildman–Crippen MR) is 107 cm³/mol. The summed E-state index contributed by atoms with van der Waals surface area (Å²) in [5.41, 5.74) is 3.69. The van der Waals surface area contributed by atoms with E-state index in [0.717, 1.165) is 23.2 Å². The van der Waals surface area contributed by atoms with Gasteiger partial charge in [0.05, 0.1) is 6.61 Å². The molecule has 27 heavy (non-hydrogen) atoms. The highest BCUT2D eigenvalue weighted by atomic mass is 16.5. The Balaban J connectivity index is 1.58. The molecule has 0 aliphatic carbocycles. The molecule has 136 valence electrons. The second kappa shape index (κ2) is 9.29. The van der Waals surface area contributed by atoms with Crippen LogP contribution in [0.3, 0.4) is 0 Å². The van der Waals surface area contributed by atoms with Gasteiger partial charge in [0.25, 0.3) is 0 Å². The van der Waals surface area contributed by atoms with Gasteiger partial charge in [-0.2, -0.15) is 0 Å². The Morgan fingerprint density at radius 3 is 2.48 bits per heavy atom. The Labute approximate surface area is 158 Å². The van der Waals surface area contributed by atoms with Crippen molar-refractivity contribution in [2.24, 2.45) is 0 Å². The molecule has 0 bridgehead atoms. The smallest absolute Gasteiger partial charge is 0.239 e. The molecule has 0 fully saturated rings. The lowest BCUT2D eigenvalue weighted by atomic mass is 10.1. The number of nitrogens with one attached hydrogen (secondary N) is 1. The van der Waals surface area contributed by atoms with Crippen LogP contribution in [0.2, 0.25) is 0 Å². The molecule has 0 saturated carbocycles. The lowest BCUT2D eigenvalue weighted by molar-refractivity contribution is -0.114. The van der Waals surface area contributed by atoms with Gasteiger partial charge < -0.3 is 10.1 Å². The van der Waals surface area contributed by atoms with Gasteiger partial charge in [-0.15, -0.1) is 0 Å². The van der Waals surface area contributed by atoms with Gasteiger partial charge in [-0.25, -0.2) is 9.97 Å². The molecular formula is C22H21N3O2. The number of aromatic nitrogens is 2. The van der Waals surface area contributed by atoms with Crippen molar-refractivity contribution in [1.82, 2.24) is 9.97 Å². The third-order valence-corrected chi connectivity index (χ3v) is 3.83. The van der Waals surface area contributed by atoms with Crippen LogP contribution >= 0.6 is 0 Å². The molecule has 5 nitrogen and oxygen atoms in total. The number of nitrogens with zero attached hydrogens (tertiary/aromatic N) is 2. The summed E-state index contributed by atoms with van der Waals surface area (Å²) in [6.45, 7) is 1.98. The van der Waals surface area contributed by atoms with E-state index in [9.17, 15) is 4.79 Å². The monoisotopic (exact) mass is 359 g/mol. The first-order chi connectivity index (χ1) is 13.2. The molecule has 0 saturated heterocycles. The van der Waals surface area contributed by atoms with Crippen LogP contribution < -0.4 is 10.1 Å². The topological polar surface area (TPSA) is 64.1 Å². The molecular weight excluding hydrogens is 338 g/mol. The maximum Gasteiger partial charge on any atom is 0.239 e. The number of rotatable bonds is 7. The maximum atomic E-state index is 11.1. The summed E-state index contributed by atoms with van der Waals surface area (Å²) < 4.78 is 5.83. The highest BCUT2D eigenvalue weighted by Gasteiger charge is 2.04. The fourth-order valence-corrected chi connectivity index (χ4v) is 2.52. The Morgan fingerprint density at radius 2 is 1.74 bits per heavy atom. The van der Waals surface area contributed by atoms with E-state index in [1.165, 1.54) is 6.92 Å². The number of anilines is 1. The third-order valence-electron chi connectivity index (χ3n) is 3.83. The second-order valence-electron chi connectivity index (χ2n) is 5.97. The number of hydrogen-bond donors (Lipinski definition) is 1. The first kappa shape index (κ1) is 18.3. The van der Waals surface area contributed by atoms with Gasteiger partial charge in [-0.05, 0) is 29.3 Å². The molecule has 1 amide bonds. The van der Waals surface area contributed by atoms with E-state index in [-0.39, 0.29) is 5.91 Å². The normalized spacial score (nSPS) is 10.7. The van der Waals surface area contributed by atoms with Crippen LogP contribution in [0.15, 0.2) is 67.0 Å². The number of hydrogen-bond acceptors (Lipinski definition) is 4. The zero-order chi connectivity index (χ0) is 18.9. The van der Waals surface area contributed by atoms with Crippen LogP contribution in [0.25, 0.3) is 12.2 Å². The van der Waals surface area contributed by atoms with Gasteiger partial charge in [-0.1, -0.05) is 48.5 Å². The Bertz CT molecular complexity index is 906. The van der Waals surface area contributed by atoms with Gasteiger partial charge in [0.15, 0.2) is 0 Å². The molecule has 1 N–H and O–H groups in total. The van der Waals surface area contributed by atoms with E-state index in [4.69, 9.17) is 4.74 Å². The Morgan fingerprint density at radius 1 is 1.00 bits per heavy atom. The molecule has 5 heteroatoms. The third kappa shape index (κ3) is 5.78. The van der Waals surface area contributed by atoms with E-state index in [0.29, 0.717) is 18.2 Å². The summed E-state index contributed by atoms with van der Waals surface area (Å²) >= 11 is 0. The molecule has 0 unspecified atom stereocenters. The number of ether oxygens (including phenoxy) is 1. The quantitative estimate of drug-likeness (QED) is 0.686. The van der Waals surface area contributed by atoms with Crippen molar-refractivity contribution in [3.63, 3.8) is 0 Å². The molecule has 0 atom stereocenters. The van der Waals surface area contributed by atoms with Crippen LogP contribution in [-0.2, 0) is 11.2 Å². The van der Waals surface area contributed by atoms with Crippen LogP contribution in [-0.4, -0.2) is 22.5 Å². The summed E-state index contributed by atoms with van der Waals surface area (Å²) in [6.07, 6.45) is 7.89. The van der Waals surface area contributed by atoms with E-state index in [1.54, 1.807) is 12.4 Å². The predicted octanol–water partition coefficient (Wildman–Crippen LogP) is 4.23. The molecule has 0 radical (unpaired) electrons. The van der Waals surface area contributed by atoms with Crippen molar-refractivity contribution in [1.29, 1.82) is 0 Å². The van der Waals surface area contributed by atoms with Gasteiger partial charge in [0.2, 0.25) is 11.8 Å². The minimum absolute atomic E-state index is 0.0789. The van der Waals surface area contributed by atoms with Gasteiger partial charge in [0.1, 0.15) is 5.69 Å². The minimum atomic E-state index is -0.0789. The SMILES string of the molecule is CC(=O)Nc1ccc(CCOc2nccnc2/C=C/c2ccccc2)cc1. The Hall–Kier alpha value is -3.47. The molecule has 3 aromatic rings. The number of amides is 1. The standard InChI is InChI=1S/C22H21N3O2/c1-17(26)25-20-10-7-19(8-11-20)13-16-27-22-21(23-14-15-24-22)12-9-18-5-3-2-4-6-18/h2-12,14-15H,13,16H2,1H3,(H,25,26)/b12-9+. The first-order valence-electron chi connectivity index (χ1n) is 8.74. The van der Waals surface area contributed by atoms with Crippen molar-refractivity contribution >= 4 is 23.7 Å². The molecule has 0 aliphatic heterocycles. The van der Waals surface area contributed by atoms with Crippen molar-refractivity contribution in [3.05, 3.63) is 83.8 Å². The lowest BCUT2D eigenvalue weighted by Crippen LogP contribution is -2.06. The van der Waals surface area contributed by atoms with Gasteiger partial charge in [-0.3, -0.25) is 4.79 Å². The number of benzene rings is 2. The van der Waals surface area contributed by atoms with Crippen molar-refractivity contribution in [2.45, 2.75) is 13.3 Å². The van der Waals surface area contributed by atoms with E-state index >= 15 is 0 Å². The average molecular weight is 359 g/mol. The molecule has 1 aromatic heterocycles. The second-order valence-corrected chi connectivity index (χ2v) is 5.97. The summed E-state index contributed by atoms with van der Waals surface area (Å²) in [5.74, 6) is 0.435. The van der Waals surface area contributed by atoms with Crippen LogP contribution in [0.5, 0.6) is 5.88 Å². The lowest BCUT2D eigenvalue weighted by Gasteiger charge is -2.08. The molecule has 2 aromatic carbocycles. The van der Waals surface area contributed by atoms with Crippen molar-refractivity contribution in [3.8, 4) is 5.88 Å². The van der Waals surface area contributed by atoms with E-state index in [1.807, 2.05) is 66.7 Å². The fourth-order valence-electron chi connectivity index (χ4n) is 2.52. The van der Waals surface area contributed by atoms with Crippen LogP contribution in [0.4, 0.5) is 5.69 Å². The molecule has 3 rings (SSSR count). The summed E-state index contributed by atoms with van der Waals surface area (Å²) in [5, 5.41) is 2.75. The van der Waals surface area contributed by atoms with E-state index in [2.05, 4.69) is 15.3 Å². The van der Waals surface area contributed by atoms with Crippen LogP contribution in [0, 0.1) is 0 Å². The minimum Gasteiger partial charge on any atom is -0.476 e. The average Bonchev–Trinajstić information content (AvgIpc) is 2.69. The zero-order valence-corrected chi connectivity index (χ0v) is 15.1. The largest absolute Gasteiger partial charge is 0.476 e. The fraction of sp³-hybridized carbons (Fsp3) is 0.136. The van der Waals surface area contributed by atoms with E-state index < -0.39 is 0 Å². The molecule has 1 heterocycles. The van der Waals surface area contributed by atoms with Gasteiger partial charge >= 0.3 is 0 Å². The van der Waals surface area contributed by atoms with Crippen molar-refractivity contribution in [2.75, 3.05) is 11.9 Å². The zero-order valence-electron chi connectivity index (χ0n) is 15.1. The van der Waals surface area contributed by atoms with Gasteiger partial charge in [0, 0.05) is 31.4 Å². The highest BCUT2D eigenvalue weighted by molar-refractivity contribution is 5.88. The summed E-state index contributed by atoms with van der Waals surface area (Å²) in [6, 6.07) is 17.7. The molecule has 0 aliphatic rings. The van der Waals surface area contributed by atoms with Crippen molar-refractivity contribution < 1.29 is 9.53 Å². The summed E-state index contributed by atoms with van der Waals surface area (Å²) in [7, 11) is 0. The first-order valence-corrected chi connectivity index (χ1v) is 8.74. The maximum absolute atomic E-state index is 11.1. The summed E-state index contributed by atoms with van der Waals surface area (Å²) in [4.78, 5) is 19.7. The highest BCUT2D eigenvalue weighted by Crippen LogP contribution is 2.16. The van der Waals surface area contributed by atoms with Crippen LogP contribution in [0.1, 0.15) is 23.7 Å². The Kier molecular flexibility index (Phi) is 6.30. The number of carbonyl (C=O) groups excluding carboxylic acids is 1. The molecule has 0 spiro atoms. The number of carbonyl (C=O) groups is 1.